The summed E-state index contributed by atoms with van der Waals surface area (Å²) in [5.74, 6) is 3.38. The second kappa shape index (κ2) is 11.1. The molecule has 0 radical (unpaired) electrons. The van der Waals surface area contributed by atoms with Crippen molar-refractivity contribution in [2.45, 2.75) is 38.6 Å². The zero-order valence-corrected chi connectivity index (χ0v) is 18.6. The van der Waals surface area contributed by atoms with Crippen molar-refractivity contribution < 1.29 is 8.42 Å². The molecule has 2 fully saturated rings. The summed E-state index contributed by atoms with van der Waals surface area (Å²) in [6, 6.07) is 0.445. The average Bonchev–Trinajstić information content (AvgIpc) is 2.54. The molecule has 1 aliphatic carbocycles. The van der Waals surface area contributed by atoms with Crippen LogP contribution in [0.5, 0.6) is 0 Å². The fourth-order valence-electron chi connectivity index (χ4n) is 3.21. The van der Waals surface area contributed by atoms with E-state index in [4.69, 9.17) is 0 Å². The molecule has 24 heavy (non-hydrogen) atoms. The minimum absolute atomic E-state index is 0. The molecule has 1 heterocycles. The van der Waals surface area contributed by atoms with Gasteiger partial charge in [0, 0.05) is 44.2 Å². The molecule has 0 aromatic rings. The van der Waals surface area contributed by atoms with Crippen molar-refractivity contribution in [1.82, 2.24) is 14.9 Å². The summed E-state index contributed by atoms with van der Waals surface area (Å²) in [7, 11) is -1.42. The summed E-state index contributed by atoms with van der Waals surface area (Å²) in [6.45, 7) is 3.96. The van der Waals surface area contributed by atoms with E-state index >= 15 is 0 Å². The number of aliphatic imine (C=N–C) groups is 1. The van der Waals surface area contributed by atoms with Gasteiger partial charge in [-0.25, -0.2) is 12.7 Å². The lowest BCUT2D eigenvalue weighted by Gasteiger charge is -2.29. The number of rotatable bonds is 5. The second-order valence-electron chi connectivity index (χ2n) is 6.44. The molecule has 1 saturated carbocycles. The molecule has 0 bridgehead atoms. The molecule has 9 heteroatoms. The Morgan fingerprint density at radius 2 is 2.00 bits per heavy atom. The van der Waals surface area contributed by atoms with Crippen molar-refractivity contribution >= 4 is 51.7 Å². The number of nitrogens with zero attached hydrogens (tertiary/aromatic N) is 2. The third kappa shape index (κ3) is 7.25. The normalized spacial score (nSPS) is 26.5. The Morgan fingerprint density at radius 1 is 1.29 bits per heavy atom. The van der Waals surface area contributed by atoms with Gasteiger partial charge in [-0.3, -0.25) is 4.99 Å². The van der Waals surface area contributed by atoms with Crippen molar-refractivity contribution in [2.24, 2.45) is 10.9 Å². The molecule has 1 saturated heterocycles. The van der Waals surface area contributed by atoms with Crippen molar-refractivity contribution in [1.29, 1.82) is 0 Å². The van der Waals surface area contributed by atoms with Crippen LogP contribution in [0.25, 0.3) is 0 Å². The van der Waals surface area contributed by atoms with E-state index in [0.717, 1.165) is 30.3 Å². The number of halogens is 1. The van der Waals surface area contributed by atoms with Crippen LogP contribution in [0.4, 0.5) is 0 Å². The minimum Gasteiger partial charge on any atom is -0.355 e. The summed E-state index contributed by atoms with van der Waals surface area (Å²) in [4.78, 5) is 4.22. The fourth-order valence-corrected chi connectivity index (χ4v) is 5.70. The van der Waals surface area contributed by atoms with Crippen LogP contribution in [0.3, 0.4) is 0 Å². The number of hydrogen-bond donors (Lipinski definition) is 2. The molecule has 0 amide bonds. The minimum atomic E-state index is -3.15. The Bertz CT molecular complexity index is 496. The molecule has 0 aromatic heterocycles. The number of hydrogen-bond acceptors (Lipinski definition) is 4. The molecule has 2 atom stereocenters. The molecule has 0 aromatic carbocycles. The predicted molar refractivity (Wildman–Crippen MR) is 114 cm³/mol. The van der Waals surface area contributed by atoms with E-state index < -0.39 is 10.0 Å². The first kappa shape index (κ1) is 22.3. The van der Waals surface area contributed by atoms with Crippen molar-refractivity contribution in [3.63, 3.8) is 0 Å². The van der Waals surface area contributed by atoms with Crippen LogP contribution in [0.15, 0.2) is 4.99 Å². The van der Waals surface area contributed by atoms with E-state index in [-0.39, 0.29) is 29.7 Å². The van der Waals surface area contributed by atoms with Gasteiger partial charge >= 0.3 is 0 Å². The number of guanidine groups is 1. The van der Waals surface area contributed by atoms with Gasteiger partial charge in [-0.05, 0) is 18.8 Å². The molecule has 2 unspecified atom stereocenters. The molecule has 2 aliphatic rings. The highest BCUT2D eigenvalue weighted by Crippen LogP contribution is 2.23. The van der Waals surface area contributed by atoms with Crippen LogP contribution < -0.4 is 10.6 Å². The van der Waals surface area contributed by atoms with Gasteiger partial charge in [0.2, 0.25) is 10.0 Å². The molecular weight excluding hydrogens is 459 g/mol. The van der Waals surface area contributed by atoms with Crippen LogP contribution in [-0.2, 0) is 10.0 Å². The number of nitrogens with one attached hydrogen (secondary N) is 2. The maximum absolute atomic E-state index is 12.3. The van der Waals surface area contributed by atoms with Crippen LogP contribution >= 0.6 is 35.7 Å². The second-order valence-corrected chi connectivity index (χ2v) is 9.75. The maximum atomic E-state index is 12.3. The Morgan fingerprint density at radius 3 is 2.62 bits per heavy atom. The summed E-state index contributed by atoms with van der Waals surface area (Å²) < 4.78 is 26.2. The quantitative estimate of drug-likeness (QED) is 0.349. The van der Waals surface area contributed by atoms with Crippen molar-refractivity contribution in [2.75, 3.05) is 43.9 Å². The average molecular weight is 490 g/mol. The van der Waals surface area contributed by atoms with Crippen molar-refractivity contribution in [3.8, 4) is 0 Å². The number of sulfonamides is 1. The third-order valence-electron chi connectivity index (χ3n) is 4.52. The molecule has 2 rings (SSSR count). The van der Waals surface area contributed by atoms with Gasteiger partial charge in [-0.15, -0.1) is 24.0 Å². The summed E-state index contributed by atoms with van der Waals surface area (Å²) >= 11 is 1.82. The van der Waals surface area contributed by atoms with Crippen LogP contribution in [0.1, 0.15) is 32.6 Å². The highest BCUT2D eigenvalue weighted by atomic mass is 127. The lowest BCUT2D eigenvalue weighted by molar-refractivity contribution is 0.324. The van der Waals surface area contributed by atoms with Gasteiger partial charge in [-0.2, -0.15) is 11.8 Å². The van der Waals surface area contributed by atoms with E-state index in [2.05, 4.69) is 22.5 Å². The first-order valence-corrected chi connectivity index (χ1v) is 11.3. The first-order valence-electron chi connectivity index (χ1n) is 8.54. The monoisotopic (exact) mass is 490 g/mol. The van der Waals surface area contributed by atoms with Crippen LogP contribution in [0.2, 0.25) is 0 Å². The predicted octanol–water partition coefficient (Wildman–Crippen LogP) is 1.73. The van der Waals surface area contributed by atoms with Gasteiger partial charge in [0.25, 0.3) is 0 Å². The van der Waals surface area contributed by atoms with Gasteiger partial charge in [0.05, 0.1) is 5.75 Å². The van der Waals surface area contributed by atoms with Gasteiger partial charge < -0.3 is 10.6 Å². The standard InChI is InChI=1S/C15H30N4O2S2.HI/c1-13-4-3-5-14(12-13)18-15(16-2)17-6-11-23(20,21)19-7-9-22-10-8-19;/h13-14H,3-12H2,1-2H3,(H2,16,17,18);1H. The molecule has 142 valence electrons. The Kier molecular flexibility index (Phi) is 10.3. The molecule has 2 N–H and O–H groups in total. The Balaban J connectivity index is 0.00000288. The van der Waals surface area contributed by atoms with E-state index in [1.807, 2.05) is 11.8 Å². The van der Waals surface area contributed by atoms with E-state index in [9.17, 15) is 8.42 Å². The zero-order valence-electron chi connectivity index (χ0n) is 14.7. The highest BCUT2D eigenvalue weighted by Gasteiger charge is 2.24. The molecule has 1 aliphatic heterocycles. The maximum Gasteiger partial charge on any atom is 0.215 e. The fraction of sp³-hybridized carbons (Fsp3) is 0.933. The van der Waals surface area contributed by atoms with Crippen molar-refractivity contribution in [3.05, 3.63) is 0 Å². The highest BCUT2D eigenvalue weighted by molar-refractivity contribution is 14.0. The van der Waals surface area contributed by atoms with Crippen LogP contribution in [0, 0.1) is 5.92 Å². The Hall–Kier alpha value is 0.260. The van der Waals surface area contributed by atoms with E-state index in [1.165, 1.54) is 12.8 Å². The topological polar surface area (TPSA) is 73.8 Å². The Labute approximate surface area is 168 Å². The summed E-state index contributed by atoms with van der Waals surface area (Å²) in [5.41, 5.74) is 0. The number of thioether (sulfide) groups is 1. The zero-order chi connectivity index (χ0) is 16.7. The summed E-state index contributed by atoms with van der Waals surface area (Å²) in [6.07, 6.45) is 4.87. The summed E-state index contributed by atoms with van der Waals surface area (Å²) in [5, 5.41) is 6.58. The van der Waals surface area contributed by atoms with Gasteiger partial charge in [0.15, 0.2) is 5.96 Å². The van der Waals surface area contributed by atoms with Gasteiger partial charge in [-0.1, -0.05) is 19.8 Å². The van der Waals surface area contributed by atoms with E-state index in [0.29, 0.717) is 31.6 Å². The molecule has 0 spiro atoms. The van der Waals surface area contributed by atoms with Crippen LogP contribution in [-0.4, -0.2) is 68.7 Å². The SMILES string of the molecule is CN=C(NCCS(=O)(=O)N1CCSCC1)NC1CCCC(C)C1.I. The smallest absolute Gasteiger partial charge is 0.215 e. The first-order chi connectivity index (χ1) is 11.0. The molecule has 6 nitrogen and oxygen atoms in total. The van der Waals surface area contributed by atoms with E-state index in [1.54, 1.807) is 11.4 Å². The molecular formula is C15H31IN4O2S2. The van der Waals surface area contributed by atoms with Gasteiger partial charge in [0.1, 0.15) is 0 Å². The third-order valence-corrected chi connectivity index (χ3v) is 7.33. The lowest BCUT2D eigenvalue weighted by atomic mass is 9.87. The largest absolute Gasteiger partial charge is 0.355 e. The lowest BCUT2D eigenvalue weighted by Crippen LogP contribution is -2.47.